The molecule has 0 saturated carbocycles. The minimum atomic E-state index is -0.935. The minimum Gasteiger partial charge on any atom is -0.484 e. The van der Waals surface area contributed by atoms with E-state index >= 15 is 0 Å². The molecule has 2 aliphatic rings. The van der Waals surface area contributed by atoms with Crippen LogP contribution in [0.15, 0.2) is 78.9 Å². The normalized spacial score (nSPS) is 17.3. The van der Waals surface area contributed by atoms with Crippen molar-refractivity contribution in [1.82, 2.24) is 35.6 Å². The molecule has 2 saturated heterocycles. The molecule has 0 spiro atoms. The van der Waals surface area contributed by atoms with Gasteiger partial charge in [0.05, 0.1) is 55.8 Å². The number of anilines is 1. The van der Waals surface area contributed by atoms with Gasteiger partial charge in [0.15, 0.2) is 18.2 Å². The van der Waals surface area contributed by atoms with Crippen molar-refractivity contribution < 1.29 is 76.5 Å². The van der Waals surface area contributed by atoms with E-state index in [1.165, 1.54) is 24.0 Å². The van der Waals surface area contributed by atoms with Crippen LogP contribution >= 0.6 is 0 Å². The number of unbranched alkanes of at least 4 members (excludes halogenated alkanes) is 2. The Morgan fingerprint density at radius 1 is 0.679 bits per heavy atom. The summed E-state index contributed by atoms with van der Waals surface area (Å²) >= 11 is 0. The van der Waals surface area contributed by atoms with Crippen LogP contribution in [-0.2, 0) is 86.2 Å². The van der Waals surface area contributed by atoms with Crippen LogP contribution < -0.4 is 31.3 Å². The smallest absolute Gasteiger partial charge is 0.328 e. The summed E-state index contributed by atoms with van der Waals surface area (Å²) in [5, 5.41) is 8.30. The number of ketones is 3. The van der Waals surface area contributed by atoms with Gasteiger partial charge in [-0.2, -0.15) is 0 Å². The van der Waals surface area contributed by atoms with Crippen LogP contribution in [0.1, 0.15) is 176 Å². The highest BCUT2D eigenvalue weighted by atomic mass is 16.5. The number of nitrogens with two attached hydrogens (primary N) is 1. The quantitative estimate of drug-likeness (QED) is 0.0232. The van der Waals surface area contributed by atoms with E-state index in [1.54, 1.807) is 62.2 Å². The molecule has 25 nitrogen and oxygen atoms in total. The van der Waals surface area contributed by atoms with Gasteiger partial charge in [-0.25, -0.2) is 9.59 Å². The summed E-state index contributed by atoms with van der Waals surface area (Å²) in [5.41, 5.74) is 8.38. The van der Waals surface area contributed by atoms with E-state index in [0.717, 1.165) is 11.1 Å². The fourth-order valence-corrected chi connectivity index (χ4v) is 15.2. The number of likely N-dealkylation sites (tertiary alicyclic amines) is 2. The van der Waals surface area contributed by atoms with Crippen molar-refractivity contribution >= 4 is 76.4 Å². The van der Waals surface area contributed by atoms with Crippen molar-refractivity contribution in [3.8, 4) is 5.75 Å². The maximum absolute atomic E-state index is 15.0. The van der Waals surface area contributed by atoms with Crippen molar-refractivity contribution in [2.75, 3.05) is 80.2 Å². The first kappa shape index (κ1) is 91.2. The number of carbonyl (C=O) groups excluding carboxylic acids is 12. The largest absolute Gasteiger partial charge is 0.484 e. The van der Waals surface area contributed by atoms with Gasteiger partial charge in [0.2, 0.25) is 35.4 Å². The first-order chi connectivity index (χ1) is 51.7. The number of amides is 9. The molecule has 9 amide bonds. The summed E-state index contributed by atoms with van der Waals surface area (Å²) in [6.45, 7) is 22.4. The van der Waals surface area contributed by atoms with E-state index in [9.17, 15) is 57.5 Å². The lowest BCUT2D eigenvalue weighted by molar-refractivity contribution is -0.150. The maximum atomic E-state index is 15.0. The number of ether oxygens (including phenoxy) is 4. The first-order valence-electron chi connectivity index (χ1n) is 39.2. The number of rotatable bonds is 48. The summed E-state index contributed by atoms with van der Waals surface area (Å²) in [7, 11) is 9.66. The van der Waals surface area contributed by atoms with Gasteiger partial charge in [-0.05, 0) is 123 Å². The molecule has 5 rings (SSSR count). The number of primary amides is 1. The van der Waals surface area contributed by atoms with Crippen molar-refractivity contribution in [2.24, 2.45) is 59.0 Å². The first-order valence-corrected chi connectivity index (χ1v) is 39.2. The number of hydrogen-bond acceptors (Lipinski definition) is 17. The van der Waals surface area contributed by atoms with Gasteiger partial charge in [-0.15, -0.1) is 0 Å². The molecule has 0 aromatic heterocycles. The number of imide groups is 1. The molecular weight excluding hydrogens is 1390 g/mol. The molecule has 2 heterocycles. The second-order valence-electron chi connectivity index (χ2n) is 31.3. The molecule has 3 aromatic rings. The third-order valence-corrected chi connectivity index (χ3v) is 22.1. The fraction of sp³-hybridized carbons (Fsp3) is 0.643. The molecule has 2 fully saturated rings. The van der Waals surface area contributed by atoms with Crippen molar-refractivity contribution in [2.45, 2.75) is 221 Å². The SMILES string of the molecule is CC[C@H](C)[C@@H]([C@@H](CC(=O)N1CCC[C@H]1[C@H](OC)[C@@H](C)C(=O)N[C@@H](Cc1ccccc1)C(=O)OC)OC)N(C)C(=O)[C@@H](CC(=O)[C@H](C(C)C)N(C)CCc1ccc(N(C)C(=O)COc2ccc(CC(=O)[C@H](CCCNC(N)=O)NC(=O)[C@@H](CC(=O)CCCCCN3C(=O)CC(C(C)C)C3=O)C(C)C)cc2)cc1)C(C)C. The van der Waals surface area contributed by atoms with Gasteiger partial charge in [0.1, 0.15) is 17.6 Å². The van der Waals surface area contributed by atoms with E-state index in [4.69, 9.17) is 24.7 Å². The van der Waals surface area contributed by atoms with E-state index in [0.29, 0.717) is 88.0 Å². The minimum absolute atomic E-state index is 0.00689. The zero-order valence-electron chi connectivity index (χ0n) is 67.9. The molecule has 1 unspecified atom stereocenters. The molecule has 3 aromatic carbocycles. The monoisotopic (exact) mass is 1520 g/mol. The Morgan fingerprint density at radius 2 is 1.32 bits per heavy atom. The van der Waals surface area contributed by atoms with E-state index in [2.05, 4.69) is 16.0 Å². The Morgan fingerprint density at radius 3 is 1.90 bits per heavy atom. The van der Waals surface area contributed by atoms with Crippen molar-refractivity contribution in [3.63, 3.8) is 0 Å². The van der Waals surface area contributed by atoms with Crippen LogP contribution in [0.2, 0.25) is 0 Å². The van der Waals surface area contributed by atoms with Gasteiger partial charge < -0.3 is 55.3 Å². The zero-order chi connectivity index (χ0) is 80.9. The average Bonchev–Trinajstić information content (AvgIpc) is 1.81. The van der Waals surface area contributed by atoms with Crippen LogP contribution in [0, 0.1) is 53.3 Å². The number of benzene rings is 3. The fourth-order valence-electron chi connectivity index (χ4n) is 15.2. The average molecular weight is 1520 g/mol. The summed E-state index contributed by atoms with van der Waals surface area (Å²) in [6, 6.07) is 19.6. The number of nitrogens with zero attached hydrogens (tertiary/aromatic N) is 5. The van der Waals surface area contributed by atoms with Crippen LogP contribution in [-0.4, -0.2) is 208 Å². The molecular formula is C84H127N9O16. The van der Waals surface area contributed by atoms with Gasteiger partial charge in [0.25, 0.3) is 5.91 Å². The molecule has 0 bridgehead atoms. The number of methoxy groups -OCH3 is 3. The van der Waals surface area contributed by atoms with Crippen LogP contribution in [0.5, 0.6) is 5.75 Å². The van der Waals surface area contributed by atoms with Gasteiger partial charge in [0, 0.05) is 116 Å². The number of esters is 1. The van der Waals surface area contributed by atoms with E-state index in [-0.39, 0.29) is 147 Å². The molecule has 109 heavy (non-hydrogen) atoms. The molecule has 604 valence electrons. The topological polar surface area (TPSA) is 320 Å². The standard InChI is InChI=1S/C84H127N9O16/c1-18-56(10)77(72(106-15)50-74(98)92-43-26-31-69(92)78(107-16)57(11)79(100)88-68(83(104)108-17)45-59-27-21-19-22-28-59)91(14)81(102)65(53(4)5)48-71(96)76(55(8)9)89(12)44-40-58-32-36-61(37-33-58)90(13)75(99)51-109-63-38-34-60(35-39-63)46-70(95)67(30-25-41-86-84(85)105)87-80(101)64(52(2)3)47-62(94)29-23-20-24-42-93-73(97)49-66(54(6)7)82(93)103/h19,21-22,27-28,32-39,52-57,64-69,72,76-78H,18,20,23-26,29-31,40-51H2,1-17H3,(H,87,101)(H,88,100)(H3,85,86,105)/t56-,57+,64-,65-,66?,67-,68-,69-,72+,76-,77-,78+/m0/s1. The van der Waals surface area contributed by atoms with Crippen LogP contribution in [0.3, 0.4) is 0 Å². The van der Waals surface area contributed by atoms with Crippen LogP contribution in [0.4, 0.5) is 10.5 Å². The number of urea groups is 1. The lowest BCUT2D eigenvalue weighted by Gasteiger charge is -2.41. The van der Waals surface area contributed by atoms with Gasteiger partial charge >= 0.3 is 12.0 Å². The third kappa shape index (κ3) is 27.2. The Kier molecular flexibility index (Phi) is 37.7. The second-order valence-corrected chi connectivity index (χ2v) is 31.3. The Labute approximate surface area is 647 Å². The molecule has 12 atom stereocenters. The lowest BCUT2D eigenvalue weighted by Crippen LogP contribution is -2.55. The molecule has 0 radical (unpaired) electrons. The number of hydrogen-bond donors (Lipinski definition) is 4. The van der Waals surface area contributed by atoms with Gasteiger partial charge in [-0.3, -0.25) is 57.7 Å². The predicted molar refractivity (Wildman–Crippen MR) is 418 cm³/mol. The van der Waals surface area contributed by atoms with E-state index < -0.39 is 84.0 Å². The molecule has 5 N–H and O–H groups in total. The molecule has 2 aliphatic heterocycles. The predicted octanol–water partition coefficient (Wildman–Crippen LogP) is 9.15. The van der Waals surface area contributed by atoms with Crippen LogP contribution in [0.25, 0.3) is 0 Å². The Hall–Kier alpha value is -8.42. The van der Waals surface area contributed by atoms with Crippen molar-refractivity contribution in [1.29, 1.82) is 0 Å². The highest BCUT2D eigenvalue weighted by Crippen LogP contribution is 2.33. The number of carbonyl (C=O) groups is 12. The number of nitrogens with one attached hydrogen (secondary N) is 3. The Bertz CT molecular complexity index is 3480. The summed E-state index contributed by atoms with van der Waals surface area (Å²) in [6.07, 6.45) is 4.01. The Balaban J connectivity index is 1.13. The summed E-state index contributed by atoms with van der Waals surface area (Å²) in [5.74, 6) is -5.42. The molecule has 0 aliphatic carbocycles. The highest BCUT2D eigenvalue weighted by Gasteiger charge is 2.45. The highest BCUT2D eigenvalue weighted by molar-refractivity contribution is 6.03. The molecule has 25 heteroatoms. The van der Waals surface area contributed by atoms with E-state index in [1.807, 2.05) is 136 Å². The second kappa shape index (κ2) is 45.0. The number of Topliss-reactive ketones (excluding diaryl/α,β-unsaturated/α-hetero) is 3. The zero-order valence-corrected chi connectivity index (χ0v) is 67.9. The van der Waals surface area contributed by atoms with Crippen molar-refractivity contribution in [3.05, 3.63) is 95.6 Å². The van der Waals surface area contributed by atoms with Gasteiger partial charge in [-0.1, -0.05) is 144 Å². The summed E-state index contributed by atoms with van der Waals surface area (Å²) < 4.78 is 23.1. The maximum Gasteiger partial charge on any atom is 0.328 e. The summed E-state index contributed by atoms with van der Waals surface area (Å²) in [4.78, 5) is 171. The third-order valence-electron chi connectivity index (χ3n) is 22.1. The number of likely N-dealkylation sites (N-methyl/N-ethyl adjacent to an activating group) is 3. The lowest BCUT2D eigenvalue weighted by atomic mass is 9.83.